The number of nitrogens with one attached hydrogen (secondary N) is 2. The number of halogens is 2. The van der Waals surface area contributed by atoms with E-state index in [1.807, 2.05) is 30.3 Å². The Hall–Kier alpha value is -4.56. The van der Waals surface area contributed by atoms with E-state index >= 15 is 0 Å². The lowest BCUT2D eigenvalue weighted by Gasteiger charge is -2.15. The van der Waals surface area contributed by atoms with Crippen LogP contribution in [0, 0.1) is 0 Å². The van der Waals surface area contributed by atoms with Crippen LogP contribution in [-0.4, -0.2) is 36.0 Å². The molecule has 8 N–H and O–H groups in total. The quantitative estimate of drug-likeness (QED) is 0.130. The number of carbonyl (C=O) groups excluding carboxylic acids is 1. The Morgan fingerprint density at radius 3 is 1.57 bits per heavy atom. The summed E-state index contributed by atoms with van der Waals surface area (Å²) in [7, 11) is 0. The summed E-state index contributed by atoms with van der Waals surface area (Å²) in [4.78, 5) is 74.4. The predicted octanol–water partition coefficient (Wildman–Crippen LogP) is 4.46. The molecule has 0 saturated carbocycles. The maximum Gasteiger partial charge on any atom is 0.329 e. The third-order valence-electron chi connectivity index (χ3n) is 6.47. The molecule has 47 heavy (non-hydrogen) atoms. The number of hydrogen-bond donors (Lipinski definition) is 5. The van der Waals surface area contributed by atoms with E-state index in [2.05, 4.69) is 9.97 Å². The van der Waals surface area contributed by atoms with E-state index in [0.717, 1.165) is 21.6 Å². The minimum absolute atomic E-state index is 0. The highest BCUT2D eigenvalue weighted by molar-refractivity contribution is 6.30. The lowest BCUT2D eigenvalue weighted by Crippen LogP contribution is -2.39. The maximum atomic E-state index is 12.4. The number of rotatable bonds is 8. The van der Waals surface area contributed by atoms with Crippen LogP contribution in [0.25, 0.3) is 0 Å². The normalized spacial score (nSPS) is 11.0. The molecule has 0 bridgehead atoms. The summed E-state index contributed by atoms with van der Waals surface area (Å²) >= 11 is 11.9. The third kappa shape index (κ3) is 11.3. The van der Waals surface area contributed by atoms with E-state index < -0.39 is 22.9 Å². The van der Waals surface area contributed by atoms with Gasteiger partial charge in [-0.3, -0.25) is 38.3 Å². The Bertz CT molecular complexity index is 1880. The first-order valence-corrected chi connectivity index (χ1v) is 15.0. The van der Waals surface area contributed by atoms with Crippen molar-refractivity contribution in [1.29, 1.82) is 0 Å². The van der Waals surface area contributed by atoms with Crippen LogP contribution in [0.2, 0.25) is 10.3 Å². The van der Waals surface area contributed by atoms with Gasteiger partial charge in [-0.05, 0) is 33.3 Å². The average molecular weight is 692 g/mol. The zero-order valence-corrected chi connectivity index (χ0v) is 28.3. The fraction of sp³-hybridized carbons (Fsp3) is 0.312. The van der Waals surface area contributed by atoms with Crippen molar-refractivity contribution in [1.82, 2.24) is 25.3 Å². The molecule has 15 heteroatoms. The van der Waals surface area contributed by atoms with Crippen LogP contribution in [0.4, 0.5) is 0 Å². The summed E-state index contributed by atoms with van der Waals surface area (Å²) in [6.07, 6.45) is 0.121. The number of aromatic amines is 2. The molecule has 0 saturated heterocycles. The average Bonchev–Trinajstić information content (AvgIpc) is 2.97. The molecule has 4 aromatic rings. The van der Waals surface area contributed by atoms with Gasteiger partial charge in [-0.1, -0.05) is 83.9 Å². The lowest BCUT2D eigenvalue weighted by molar-refractivity contribution is -0.134. The summed E-state index contributed by atoms with van der Waals surface area (Å²) in [5, 5.41) is 7.40. The minimum Gasteiger partial charge on any atom is -0.481 e. The molecule has 0 aliphatic carbocycles. The molecule has 1 atom stereocenters. The van der Waals surface area contributed by atoms with Gasteiger partial charge < -0.3 is 17.0 Å². The molecule has 2 aromatic heterocycles. The van der Waals surface area contributed by atoms with Gasteiger partial charge in [-0.25, -0.2) is 9.59 Å². The van der Waals surface area contributed by atoms with E-state index in [1.165, 1.54) is 0 Å². The summed E-state index contributed by atoms with van der Waals surface area (Å²) in [5.41, 5.74) is 6.00. The summed E-state index contributed by atoms with van der Waals surface area (Å²) in [5.74, 6) is -1.06. The Morgan fingerprint density at radius 1 is 0.766 bits per heavy atom. The Morgan fingerprint density at radius 2 is 1.15 bits per heavy atom. The zero-order valence-electron chi connectivity index (χ0n) is 26.8. The molecule has 0 aliphatic heterocycles. The monoisotopic (exact) mass is 690 g/mol. The van der Waals surface area contributed by atoms with E-state index in [-0.39, 0.29) is 64.3 Å². The summed E-state index contributed by atoms with van der Waals surface area (Å²) in [6, 6.07) is 17.2. The highest BCUT2D eigenvalue weighted by atomic mass is 35.5. The number of nitrogens with two attached hydrogens (primary N) is 1. The number of carbonyl (C=O) groups is 2. The van der Waals surface area contributed by atoms with Gasteiger partial charge in [0.25, 0.3) is 17.1 Å². The zero-order chi connectivity index (χ0) is 34.7. The van der Waals surface area contributed by atoms with E-state index in [0.29, 0.717) is 11.1 Å². The number of carboxylic acids is 1. The number of hydrogen-bond acceptors (Lipinski definition) is 8. The molecule has 0 amide bonds. The number of aliphatic carboxylic acids is 1. The molecule has 13 nitrogen and oxygen atoms in total. The molecular weight excluding hydrogens is 651 g/mol. The van der Waals surface area contributed by atoms with Gasteiger partial charge in [0.1, 0.15) is 10.3 Å². The van der Waals surface area contributed by atoms with Crippen molar-refractivity contribution in [3.05, 3.63) is 135 Å². The van der Waals surface area contributed by atoms with Crippen LogP contribution >= 0.6 is 23.2 Å². The Kier molecular flexibility index (Phi) is 16.0. The fourth-order valence-corrected chi connectivity index (χ4v) is 4.78. The first-order valence-electron chi connectivity index (χ1n) is 14.2. The van der Waals surface area contributed by atoms with Gasteiger partial charge in [0, 0.05) is 43.5 Å². The molecule has 0 fully saturated rings. The molecule has 0 aliphatic rings. The van der Waals surface area contributed by atoms with E-state index in [1.54, 1.807) is 58.0 Å². The van der Waals surface area contributed by atoms with Crippen molar-refractivity contribution in [3.63, 3.8) is 0 Å². The van der Waals surface area contributed by atoms with E-state index in [4.69, 9.17) is 38.8 Å². The first-order chi connectivity index (χ1) is 21.6. The van der Waals surface area contributed by atoms with Crippen molar-refractivity contribution in [2.45, 2.75) is 65.6 Å². The van der Waals surface area contributed by atoms with Gasteiger partial charge in [-0.2, -0.15) is 0 Å². The maximum absolute atomic E-state index is 12.4. The number of aromatic nitrogens is 4. The molecule has 4 rings (SSSR count). The van der Waals surface area contributed by atoms with Crippen molar-refractivity contribution >= 4 is 35.0 Å². The molecule has 2 heterocycles. The summed E-state index contributed by atoms with van der Waals surface area (Å²) in [6.45, 7) is 8.05. The van der Waals surface area contributed by atoms with Crippen LogP contribution in [0.1, 0.15) is 79.8 Å². The smallest absolute Gasteiger partial charge is 0.329 e. The van der Waals surface area contributed by atoms with Crippen LogP contribution < -0.4 is 34.4 Å². The fourth-order valence-electron chi connectivity index (χ4n) is 4.31. The topological polar surface area (TPSA) is 225 Å². The first kappa shape index (κ1) is 40.5. The van der Waals surface area contributed by atoms with Crippen molar-refractivity contribution in [3.8, 4) is 0 Å². The molecule has 0 radical (unpaired) electrons. The Balaban J connectivity index is 0.000000414. The van der Waals surface area contributed by atoms with Gasteiger partial charge in [0.15, 0.2) is 5.78 Å². The Labute approximate surface area is 280 Å². The summed E-state index contributed by atoms with van der Waals surface area (Å²) < 4.78 is 2.21. The van der Waals surface area contributed by atoms with Crippen LogP contribution in [-0.2, 0) is 17.6 Å². The number of H-pyrrole nitrogens is 2. The number of carboxylic acid groups (broad SMARTS) is 1. The van der Waals surface area contributed by atoms with Gasteiger partial charge in [0.2, 0.25) is 0 Å². The van der Waals surface area contributed by atoms with Crippen LogP contribution in [0.3, 0.4) is 0 Å². The van der Waals surface area contributed by atoms with Crippen molar-refractivity contribution in [2.75, 3.05) is 0 Å². The van der Waals surface area contributed by atoms with Gasteiger partial charge in [-0.15, -0.1) is 0 Å². The number of benzene rings is 2. The standard InChI is InChI=1S/C15H18ClN3O2.C15H15ClN2O3.C2H4O2.H3N/c1-9(2)19-14(20)11(13(16)18-15(19)21)8-12(17)10-6-4-3-5-7-10;1-9(2)18-14(20)11(13(16)17-15(18)21)8-12(19)10-6-4-3-5-7-10;1-2(3)4;/h3-7,9,12H,8,17H2,1-2H3,(H,18,21);3-7,9H,8H2,1-2H3,(H,17,21);1H3,(H,3,4);1H3. The van der Waals surface area contributed by atoms with E-state index in [9.17, 15) is 24.0 Å². The van der Waals surface area contributed by atoms with Crippen molar-refractivity contribution < 1.29 is 14.7 Å². The lowest BCUT2D eigenvalue weighted by atomic mass is 10.0. The van der Waals surface area contributed by atoms with Crippen LogP contribution in [0.5, 0.6) is 0 Å². The number of ketones is 1. The molecule has 254 valence electrons. The van der Waals surface area contributed by atoms with Gasteiger partial charge in [0.05, 0.1) is 11.1 Å². The highest BCUT2D eigenvalue weighted by Crippen LogP contribution is 2.18. The van der Waals surface area contributed by atoms with Crippen molar-refractivity contribution in [2.24, 2.45) is 5.73 Å². The minimum atomic E-state index is -0.833. The SMILES string of the molecule is CC(=O)O.CC(C)n1c(=O)[nH]c(Cl)c(CC(=O)c2ccccc2)c1=O.CC(C)n1c(=O)[nH]c(Cl)c(CC(N)c2ccccc2)c1=O.N. The molecule has 2 aromatic carbocycles. The third-order valence-corrected chi connectivity index (χ3v) is 7.12. The van der Waals surface area contributed by atoms with Crippen LogP contribution in [0.15, 0.2) is 79.8 Å². The second-order valence-corrected chi connectivity index (χ2v) is 11.4. The van der Waals surface area contributed by atoms with Gasteiger partial charge >= 0.3 is 11.4 Å². The highest BCUT2D eigenvalue weighted by Gasteiger charge is 2.19. The molecule has 1 unspecified atom stereocenters. The molecular formula is C32H40Cl2N6O7. The second-order valence-electron chi connectivity index (χ2n) is 10.7. The molecule has 0 spiro atoms. The number of nitrogens with zero attached hydrogens (tertiary/aromatic N) is 2. The predicted molar refractivity (Wildman–Crippen MR) is 183 cm³/mol. The number of Topliss-reactive ketones (excluding diaryl/α,β-unsaturated/α-hetero) is 1. The second kappa shape index (κ2) is 18.6. The largest absolute Gasteiger partial charge is 0.481 e.